The number of rotatable bonds is 8. The maximum atomic E-state index is 12.9. The van der Waals surface area contributed by atoms with Gasteiger partial charge in [0.1, 0.15) is 11.5 Å². The first-order chi connectivity index (χ1) is 15.7. The molecule has 1 aliphatic heterocycles. The van der Waals surface area contributed by atoms with Crippen molar-refractivity contribution >= 4 is 11.8 Å². The van der Waals surface area contributed by atoms with Crippen molar-refractivity contribution in [2.24, 2.45) is 5.92 Å². The molecular formula is C25H28N4O3. The molecule has 2 aromatic heterocycles. The molecule has 3 heterocycles. The molecule has 0 N–H and O–H groups in total. The molecule has 1 fully saturated rings. The van der Waals surface area contributed by atoms with E-state index in [9.17, 15) is 9.59 Å². The van der Waals surface area contributed by atoms with Crippen LogP contribution in [0.4, 0.5) is 0 Å². The Kier molecular flexibility index (Phi) is 7.27. The molecule has 0 radical (unpaired) electrons. The first-order valence-corrected chi connectivity index (χ1v) is 11.1. The van der Waals surface area contributed by atoms with Gasteiger partial charge in [0.25, 0.3) is 5.91 Å². The Labute approximate surface area is 188 Å². The van der Waals surface area contributed by atoms with E-state index in [2.05, 4.69) is 34.2 Å². The standard InChI is InChI=1S/C25H28N4O3/c30-24(28-13-8-21(9-14-28)17-20-5-2-1-3-6-20)10-15-29(19-22-7-4-16-32-22)25(31)23-18-26-11-12-27-23/h1-7,11-12,16,18,21H,8-10,13-15,17,19H2. The highest BCUT2D eigenvalue weighted by atomic mass is 16.3. The average Bonchev–Trinajstić information content (AvgIpc) is 3.36. The number of aromatic nitrogens is 2. The van der Waals surface area contributed by atoms with Crippen LogP contribution < -0.4 is 0 Å². The van der Waals surface area contributed by atoms with Crippen LogP contribution in [0.3, 0.4) is 0 Å². The van der Waals surface area contributed by atoms with Crippen LogP contribution >= 0.6 is 0 Å². The number of amides is 2. The van der Waals surface area contributed by atoms with Crippen LogP contribution in [0.15, 0.2) is 71.7 Å². The topological polar surface area (TPSA) is 79.5 Å². The number of benzene rings is 1. The van der Waals surface area contributed by atoms with E-state index in [-0.39, 0.29) is 30.5 Å². The molecule has 7 nitrogen and oxygen atoms in total. The largest absolute Gasteiger partial charge is 0.467 e. The summed E-state index contributed by atoms with van der Waals surface area (Å²) in [5.41, 5.74) is 1.61. The highest BCUT2D eigenvalue weighted by molar-refractivity contribution is 5.92. The third kappa shape index (κ3) is 5.81. The van der Waals surface area contributed by atoms with Crippen molar-refractivity contribution in [1.82, 2.24) is 19.8 Å². The van der Waals surface area contributed by atoms with Crippen LogP contribution in [0, 0.1) is 5.92 Å². The molecule has 32 heavy (non-hydrogen) atoms. The Morgan fingerprint density at radius 2 is 1.88 bits per heavy atom. The zero-order valence-corrected chi connectivity index (χ0v) is 18.1. The minimum absolute atomic E-state index is 0.0829. The summed E-state index contributed by atoms with van der Waals surface area (Å²) in [7, 11) is 0. The number of likely N-dealkylation sites (tertiary alicyclic amines) is 1. The SMILES string of the molecule is O=C(CCN(Cc1ccco1)C(=O)c1cnccn1)N1CCC(Cc2ccccc2)CC1. The normalized spacial score (nSPS) is 14.3. The first-order valence-electron chi connectivity index (χ1n) is 11.1. The zero-order valence-electron chi connectivity index (χ0n) is 18.1. The highest BCUT2D eigenvalue weighted by Crippen LogP contribution is 2.22. The number of nitrogens with zero attached hydrogens (tertiary/aromatic N) is 4. The lowest BCUT2D eigenvalue weighted by atomic mass is 9.90. The van der Waals surface area contributed by atoms with Gasteiger partial charge < -0.3 is 14.2 Å². The third-order valence-corrected chi connectivity index (χ3v) is 5.93. The van der Waals surface area contributed by atoms with Crippen molar-refractivity contribution < 1.29 is 14.0 Å². The molecule has 0 bridgehead atoms. The number of carbonyl (C=O) groups is 2. The molecule has 4 rings (SSSR count). The molecule has 2 amide bonds. The zero-order chi connectivity index (χ0) is 22.2. The first kappa shape index (κ1) is 21.7. The van der Waals surface area contributed by atoms with Gasteiger partial charge in [0.2, 0.25) is 5.91 Å². The average molecular weight is 433 g/mol. The number of hydrogen-bond donors (Lipinski definition) is 0. The molecular weight excluding hydrogens is 404 g/mol. The van der Waals surface area contributed by atoms with Crippen LogP contribution in [-0.4, -0.2) is 51.2 Å². The van der Waals surface area contributed by atoms with E-state index in [1.54, 1.807) is 17.2 Å². The summed E-state index contributed by atoms with van der Waals surface area (Å²) < 4.78 is 5.41. The number of carbonyl (C=O) groups excluding carboxylic acids is 2. The molecule has 3 aromatic rings. The molecule has 1 saturated heterocycles. The molecule has 0 unspecified atom stereocenters. The van der Waals surface area contributed by atoms with Crippen molar-refractivity contribution in [2.75, 3.05) is 19.6 Å². The van der Waals surface area contributed by atoms with Crippen LogP contribution in [-0.2, 0) is 17.8 Å². The van der Waals surface area contributed by atoms with E-state index in [1.807, 2.05) is 17.0 Å². The van der Waals surface area contributed by atoms with E-state index >= 15 is 0 Å². The minimum Gasteiger partial charge on any atom is -0.467 e. The second-order valence-electron chi connectivity index (χ2n) is 8.16. The van der Waals surface area contributed by atoms with Crippen molar-refractivity contribution in [3.63, 3.8) is 0 Å². The molecule has 1 aliphatic rings. The van der Waals surface area contributed by atoms with E-state index in [1.165, 1.54) is 24.2 Å². The second-order valence-corrected chi connectivity index (χ2v) is 8.16. The molecule has 0 saturated carbocycles. The smallest absolute Gasteiger partial charge is 0.274 e. The minimum atomic E-state index is -0.260. The van der Waals surface area contributed by atoms with E-state index < -0.39 is 0 Å². The fraction of sp³-hybridized carbons (Fsp3) is 0.360. The lowest BCUT2D eigenvalue weighted by molar-refractivity contribution is -0.132. The van der Waals surface area contributed by atoms with Crippen molar-refractivity contribution in [2.45, 2.75) is 32.2 Å². The van der Waals surface area contributed by atoms with Gasteiger partial charge in [-0.2, -0.15) is 0 Å². The molecule has 166 valence electrons. The second kappa shape index (κ2) is 10.7. The number of furan rings is 1. The Hall–Kier alpha value is -3.48. The monoisotopic (exact) mass is 432 g/mol. The van der Waals surface area contributed by atoms with Gasteiger partial charge in [0.05, 0.1) is 19.0 Å². The van der Waals surface area contributed by atoms with Gasteiger partial charge in [-0.25, -0.2) is 4.98 Å². The molecule has 0 aliphatic carbocycles. The van der Waals surface area contributed by atoms with Gasteiger partial charge in [0, 0.05) is 38.4 Å². The summed E-state index contributed by atoms with van der Waals surface area (Å²) in [6.45, 7) is 2.13. The number of hydrogen-bond acceptors (Lipinski definition) is 5. The number of piperidine rings is 1. The van der Waals surface area contributed by atoms with Gasteiger partial charge in [-0.15, -0.1) is 0 Å². The van der Waals surface area contributed by atoms with Crippen LogP contribution in [0.1, 0.15) is 41.1 Å². The fourth-order valence-corrected chi connectivity index (χ4v) is 4.14. The molecule has 7 heteroatoms. The van der Waals surface area contributed by atoms with Gasteiger partial charge >= 0.3 is 0 Å². The Balaban J connectivity index is 1.30. The summed E-state index contributed by atoms with van der Waals surface area (Å²) in [4.78, 5) is 37.4. The summed E-state index contributed by atoms with van der Waals surface area (Å²) in [5.74, 6) is 1.09. The maximum absolute atomic E-state index is 12.9. The van der Waals surface area contributed by atoms with Crippen molar-refractivity contribution in [3.8, 4) is 0 Å². The van der Waals surface area contributed by atoms with Crippen LogP contribution in [0.5, 0.6) is 0 Å². The Bertz CT molecular complexity index is 985. The van der Waals surface area contributed by atoms with E-state index in [0.29, 0.717) is 18.2 Å². The van der Waals surface area contributed by atoms with Gasteiger partial charge in [-0.1, -0.05) is 30.3 Å². The fourth-order valence-electron chi connectivity index (χ4n) is 4.14. The highest BCUT2D eigenvalue weighted by Gasteiger charge is 2.25. The predicted molar refractivity (Wildman–Crippen MR) is 120 cm³/mol. The van der Waals surface area contributed by atoms with E-state index in [4.69, 9.17) is 4.42 Å². The Morgan fingerprint density at radius 1 is 1.06 bits per heavy atom. The van der Waals surface area contributed by atoms with Gasteiger partial charge in [0.15, 0.2) is 0 Å². The third-order valence-electron chi connectivity index (χ3n) is 5.93. The summed E-state index contributed by atoms with van der Waals surface area (Å²) in [6.07, 6.45) is 9.39. The van der Waals surface area contributed by atoms with Crippen molar-refractivity contribution in [3.05, 3.63) is 84.3 Å². The quantitative estimate of drug-likeness (QED) is 0.544. The Morgan fingerprint density at radius 3 is 2.56 bits per heavy atom. The summed E-state index contributed by atoms with van der Waals surface area (Å²) in [5, 5.41) is 0. The lowest BCUT2D eigenvalue weighted by Gasteiger charge is -2.32. The summed E-state index contributed by atoms with van der Waals surface area (Å²) in [6, 6.07) is 14.1. The lowest BCUT2D eigenvalue weighted by Crippen LogP contribution is -2.41. The van der Waals surface area contributed by atoms with Crippen LogP contribution in [0.2, 0.25) is 0 Å². The van der Waals surface area contributed by atoms with Crippen LogP contribution in [0.25, 0.3) is 0 Å². The van der Waals surface area contributed by atoms with E-state index in [0.717, 1.165) is 32.4 Å². The molecule has 0 atom stereocenters. The van der Waals surface area contributed by atoms with Crippen molar-refractivity contribution in [1.29, 1.82) is 0 Å². The predicted octanol–water partition coefficient (Wildman–Crippen LogP) is 3.58. The van der Waals surface area contributed by atoms with Gasteiger partial charge in [-0.3, -0.25) is 14.6 Å². The molecule has 1 aromatic carbocycles. The summed E-state index contributed by atoms with van der Waals surface area (Å²) >= 11 is 0. The maximum Gasteiger partial charge on any atom is 0.274 e. The molecule has 0 spiro atoms. The van der Waals surface area contributed by atoms with Gasteiger partial charge in [-0.05, 0) is 42.9 Å².